The van der Waals surface area contributed by atoms with Crippen molar-refractivity contribution in [2.75, 3.05) is 6.61 Å². The highest BCUT2D eigenvalue weighted by molar-refractivity contribution is 5.98. The number of ether oxygens (including phenoxy) is 1. The van der Waals surface area contributed by atoms with Crippen LogP contribution in [0.5, 0.6) is 5.75 Å². The molecule has 1 aromatic rings. The Hall–Kier alpha value is -1.77. The van der Waals surface area contributed by atoms with Crippen molar-refractivity contribution < 1.29 is 9.94 Å². The first-order valence-electron chi connectivity index (χ1n) is 4.30. The van der Waals surface area contributed by atoms with Gasteiger partial charge in [0.2, 0.25) is 0 Å². The Morgan fingerprint density at radius 3 is 2.64 bits per heavy atom. The van der Waals surface area contributed by atoms with Crippen molar-refractivity contribution in [3.63, 3.8) is 0 Å². The van der Waals surface area contributed by atoms with Crippen molar-refractivity contribution in [3.05, 3.63) is 42.5 Å². The third-order valence-corrected chi connectivity index (χ3v) is 1.79. The smallest absolute Gasteiger partial charge is 0.119 e. The summed E-state index contributed by atoms with van der Waals surface area (Å²) in [7, 11) is 0. The van der Waals surface area contributed by atoms with Crippen LogP contribution in [-0.4, -0.2) is 17.5 Å². The van der Waals surface area contributed by atoms with Crippen molar-refractivity contribution in [2.45, 2.75) is 6.92 Å². The Morgan fingerprint density at radius 1 is 1.50 bits per heavy atom. The van der Waals surface area contributed by atoms with Crippen LogP contribution in [-0.2, 0) is 0 Å². The highest BCUT2D eigenvalue weighted by Crippen LogP contribution is 2.12. The largest absolute Gasteiger partial charge is 0.490 e. The van der Waals surface area contributed by atoms with Crippen LogP contribution in [0.2, 0.25) is 0 Å². The Labute approximate surface area is 83.3 Å². The van der Waals surface area contributed by atoms with Gasteiger partial charge in [-0.2, -0.15) is 0 Å². The van der Waals surface area contributed by atoms with E-state index in [9.17, 15) is 0 Å². The Kier molecular flexibility index (Phi) is 3.73. The lowest BCUT2D eigenvalue weighted by Crippen LogP contribution is -1.96. The van der Waals surface area contributed by atoms with E-state index < -0.39 is 0 Å². The molecular formula is C11H13NO2. The fraction of sp³-hybridized carbons (Fsp3) is 0.182. The molecule has 1 N–H and O–H groups in total. The fourth-order valence-corrected chi connectivity index (χ4v) is 1.01. The van der Waals surface area contributed by atoms with Gasteiger partial charge in [-0.25, -0.2) is 0 Å². The van der Waals surface area contributed by atoms with Gasteiger partial charge in [-0.05, 0) is 36.8 Å². The van der Waals surface area contributed by atoms with E-state index in [0.29, 0.717) is 12.3 Å². The van der Waals surface area contributed by atoms with Gasteiger partial charge in [0.25, 0.3) is 0 Å². The van der Waals surface area contributed by atoms with Crippen LogP contribution in [0.1, 0.15) is 12.5 Å². The number of hydrogen-bond acceptors (Lipinski definition) is 3. The van der Waals surface area contributed by atoms with Gasteiger partial charge < -0.3 is 9.94 Å². The summed E-state index contributed by atoms with van der Waals surface area (Å²) in [4.78, 5) is 0. The van der Waals surface area contributed by atoms with Gasteiger partial charge in [-0.15, -0.1) is 0 Å². The van der Waals surface area contributed by atoms with Crippen molar-refractivity contribution in [1.29, 1.82) is 0 Å². The summed E-state index contributed by atoms with van der Waals surface area (Å²) < 4.78 is 5.30. The highest BCUT2D eigenvalue weighted by atomic mass is 16.5. The van der Waals surface area contributed by atoms with E-state index in [1.165, 1.54) is 0 Å². The second kappa shape index (κ2) is 5.07. The number of oxime groups is 1. The Morgan fingerprint density at radius 2 is 2.14 bits per heavy atom. The molecule has 0 aliphatic heterocycles. The predicted octanol–water partition coefficient (Wildman–Crippen LogP) is 2.45. The van der Waals surface area contributed by atoms with Gasteiger partial charge in [-0.1, -0.05) is 17.8 Å². The standard InChI is InChI=1S/C11H13NO2/c1-3-8-14-11-6-4-10(5-7-11)9(2)12-13/h3-7,13H,1,8H2,2H3/b12-9+. The summed E-state index contributed by atoms with van der Waals surface area (Å²) in [5.41, 5.74) is 1.46. The average Bonchev–Trinajstić information content (AvgIpc) is 2.26. The zero-order chi connectivity index (χ0) is 10.4. The van der Waals surface area contributed by atoms with Crippen molar-refractivity contribution in [3.8, 4) is 5.75 Å². The van der Waals surface area contributed by atoms with Gasteiger partial charge in [-0.3, -0.25) is 0 Å². The quantitative estimate of drug-likeness (QED) is 0.344. The Bertz CT molecular complexity index is 328. The molecule has 0 radical (unpaired) electrons. The number of hydrogen-bond donors (Lipinski definition) is 1. The third-order valence-electron chi connectivity index (χ3n) is 1.79. The van der Waals surface area contributed by atoms with Crippen molar-refractivity contribution in [1.82, 2.24) is 0 Å². The molecule has 0 aliphatic rings. The lowest BCUT2D eigenvalue weighted by Gasteiger charge is -2.03. The maximum absolute atomic E-state index is 8.54. The Balaban J connectivity index is 2.73. The first-order chi connectivity index (χ1) is 6.77. The number of rotatable bonds is 4. The monoisotopic (exact) mass is 191 g/mol. The maximum Gasteiger partial charge on any atom is 0.119 e. The molecule has 14 heavy (non-hydrogen) atoms. The summed E-state index contributed by atoms with van der Waals surface area (Å²) in [5, 5.41) is 11.7. The van der Waals surface area contributed by atoms with Crippen molar-refractivity contribution >= 4 is 5.71 Å². The molecular weight excluding hydrogens is 178 g/mol. The maximum atomic E-state index is 8.54. The van der Waals surface area contributed by atoms with Crippen LogP contribution in [0.4, 0.5) is 0 Å². The van der Waals surface area contributed by atoms with E-state index in [-0.39, 0.29) is 0 Å². The average molecular weight is 191 g/mol. The number of benzene rings is 1. The topological polar surface area (TPSA) is 41.8 Å². The molecule has 0 fully saturated rings. The van der Waals surface area contributed by atoms with Crippen LogP contribution in [0.15, 0.2) is 42.1 Å². The van der Waals surface area contributed by atoms with Gasteiger partial charge >= 0.3 is 0 Å². The van der Waals surface area contributed by atoms with E-state index in [2.05, 4.69) is 11.7 Å². The zero-order valence-electron chi connectivity index (χ0n) is 8.10. The molecule has 0 unspecified atom stereocenters. The fourth-order valence-electron chi connectivity index (χ4n) is 1.01. The molecule has 0 saturated carbocycles. The molecule has 0 atom stereocenters. The van der Waals surface area contributed by atoms with E-state index in [1.807, 2.05) is 24.3 Å². The third kappa shape index (κ3) is 2.62. The van der Waals surface area contributed by atoms with Crippen LogP contribution in [0, 0.1) is 0 Å². The number of nitrogens with zero attached hydrogens (tertiary/aromatic N) is 1. The molecule has 1 rings (SSSR count). The highest BCUT2D eigenvalue weighted by Gasteiger charge is 1.97. The van der Waals surface area contributed by atoms with E-state index in [1.54, 1.807) is 13.0 Å². The molecule has 0 amide bonds. The van der Waals surface area contributed by atoms with E-state index in [4.69, 9.17) is 9.94 Å². The van der Waals surface area contributed by atoms with Gasteiger partial charge in [0, 0.05) is 0 Å². The predicted molar refractivity (Wildman–Crippen MR) is 56.1 cm³/mol. The minimum atomic E-state index is 0.492. The van der Waals surface area contributed by atoms with Crippen LogP contribution in [0.3, 0.4) is 0 Å². The van der Waals surface area contributed by atoms with Crippen LogP contribution in [0.25, 0.3) is 0 Å². The summed E-state index contributed by atoms with van der Waals surface area (Å²) in [6.07, 6.45) is 1.69. The minimum absolute atomic E-state index is 0.492. The van der Waals surface area contributed by atoms with E-state index >= 15 is 0 Å². The molecule has 0 bridgehead atoms. The normalized spacial score (nSPS) is 11.1. The van der Waals surface area contributed by atoms with Crippen LogP contribution < -0.4 is 4.74 Å². The summed E-state index contributed by atoms with van der Waals surface area (Å²) in [6.45, 7) is 5.79. The molecule has 1 aromatic carbocycles. The lowest BCUT2D eigenvalue weighted by atomic mass is 10.1. The molecule has 3 nitrogen and oxygen atoms in total. The summed E-state index contributed by atoms with van der Waals surface area (Å²) >= 11 is 0. The summed E-state index contributed by atoms with van der Waals surface area (Å²) in [5.74, 6) is 0.777. The first-order valence-corrected chi connectivity index (χ1v) is 4.30. The van der Waals surface area contributed by atoms with Gasteiger partial charge in [0.1, 0.15) is 12.4 Å². The molecule has 3 heteroatoms. The SMILES string of the molecule is C=CCOc1ccc(/C(C)=N/O)cc1. The second-order valence-corrected chi connectivity index (χ2v) is 2.81. The second-order valence-electron chi connectivity index (χ2n) is 2.81. The molecule has 0 aliphatic carbocycles. The van der Waals surface area contributed by atoms with Crippen LogP contribution >= 0.6 is 0 Å². The minimum Gasteiger partial charge on any atom is -0.490 e. The summed E-state index contributed by atoms with van der Waals surface area (Å²) in [6, 6.07) is 7.34. The lowest BCUT2D eigenvalue weighted by molar-refractivity contribution is 0.319. The first kappa shape index (κ1) is 10.3. The molecule has 0 aromatic heterocycles. The van der Waals surface area contributed by atoms with Gasteiger partial charge in [0.15, 0.2) is 0 Å². The molecule has 0 saturated heterocycles. The molecule has 0 heterocycles. The zero-order valence-corrected chi connectivity index (χ0v) is 8.10. The van der Waals surface area contributed by atoms with E-state index in [0.717, 1.165) is 11.3 Å². The molecule has 0 spiro atoms. The van der Waals surface area contributed by atoms with Crippen molar-refractivity contribution in [2.24, 2.45) is 5.16 Å². The molecule has 74 valence electrons. The van der Waals surface area contributed by atoms with Gasteiger partial charge in [0.05, 0.1) is 5.71 Å².